The first kappa shape index (κ1) is 10.2. The summed E-state index contributed by atoms with van der Waals surface area (Å²) >= 11 is 0. The standard InChI is InChI=1S/C10H16O3/c1-3-8(11)9-6(2)4-5-7(9)10(12)13/h6-7,9H,3-5H2,1-2H3,(H,12,13)/t6-,7-,9?/m1/s1. The van der Waals surface area contributed by atoms with Crippen LogP contribution < -0.4 is 0 Å². The summed E-state index contributed by atoms with van der Waals surface area (Å²) in [5, 5.41) is 8.89. The van der Waals surface area contributed by atoms with Crippen molar-refractivity contribution in [1.29, 1.82) is 0 Å². The number of Topliss-reactive ketones (excluding diaryl/α,β-unsaturated/α-hetero) is 1. The van der Waals surface area contributed by atoms with Crippen LogP contribution in [0.3, 0.4) is 0 Å². The van der Waals surface area contributed by atoms with Crippen LogP contribution >= 0.6 is 0 Å². The molecule has 3 atom stereocenters. The number of carboxylic acids is 1. The molecular formula is C10H16O3. The fourth-order valence-corrected chi connectivity index (χ4v) is 2.25. The molecule has 0 aromatic rings. The van der Waals surface area contributed by atoms with E-state index in [-0.39, 0.29) is 17.6 Å². The van der Waals surface area contributed by atoms with Crippen molar-refractivity contribution in [2.24, 2.45) is 17.8 Å². The van der Waals surface area contributed by atoms with Crippen molar-refractivity contribution in [2.75, 3.05) is 0 Å². The lowest BCUT2D eigenvalue weighted by Gasteiger charge is -2.17. The van der Waals surface area contributed by atoms with E-state index in [9.17, 15) is 9.59 Å². The van der Waals surface area contributed by atoms with Crippen LogP contribution in [0.25, 0.3) is 0 Å². The highest BCUT2D eigenvalue weighted by Crippen LogP contribution is 2.38. The average Bonchev–Trinajstić information content (AvgIpc) is 2.46. The molecule has 0 aromatic heterocycles. The van der Waals surface area contributed by atoms with Gasteiger partial charge in [0.15, 0.2) is 0 Å². The van der Waals surface area contributed by atoms with Gasteiger partial charge in [-0.2, -0.15) is 0 Å². The number of hydrogen-bond donors (Lipinski definition) is 1. The Balaban J connectivity index is 2.76. The van der Waals surface area contributed by atoms with Crippen molar-refractivity contribution in [1.82, 2.24) is 0 Å². The third-order valence-corrected chi connectivity index (χ3v) is 3.02. The van der Waals surface area contributed by atoms with E-state index in [0.29, 0.717) is 12.8 Å². The minimum Gasteiger partial charge on any atom is -0.481 e. The molecule has 0 spiro atoms. The maximum absolute atomic E-state index is 11.5. The summed E-state index contributed by atoms with van der Waals surface area (Å²) < 4.78 is 0. The summed E-state index contributed by atoms with van der Waals surface area (Å²) in [5.41, 5.74) is 0. The van der Waals surface area contributed by atoms with E-state index in [1.165, 1.54) is 0 Å². The third kappa shape index (κ3) is 1.90. The molecule has 1 aliphatic rings. The molecule has 1 aliphatic carbocycles. The van der Waals surface area contributed by atoms with Gasteiger partial charge in [-0.1, -0.05) is 13.8 Å². The molecule has 0 bridgehead atoms. The van der Waals surface area contributed by atoms with Gasteiger partial charge in [0, 0.05) is 12.3 Å². The predicted octanol–water partition coefficient (Wildman–Crippen LogP) is 1.71. The van der Waals surface area contributed by atoms with E-state index < -0.39 is 11.9 Å². The van der Waals surface area contributed by atoms with Crippen molar-refractivity contribution < 1.29 is 14.7 Å². The number of hydrogen-bond acceptors (Lipinski definition) is 2. The lowest BCUT2D eigenvalue weighted by atomic mass is 9.85. The van der Waals surface area contributed by atoms with Gasteiger partial charge in [0.05, 0.1) is 5.92 Å². The molecule has 74 valence electrons. The van der Waals surface area contributed by atoms with E-state index in [1.54, 1.807) is 6.92 Å². The van der Waals surface area contributed by atoms with Crippen LogP contribution in [-0.2, 0) is 9.59 Å². The smallest absolute Gasteiger partial charge is 0.307 e. The maximum Gasteiger partial charge on any atom is 0.307 e. The minimum atomic E-state index is -0.809. The van der Waals surface area contributed by atoms with Crippen molar-refractivity contribution in [2.45, 2.75) is 33.1 Å². The average molecular weight is 184 g/mol. The summed E-state index contributed by atoms with van der Waals surface area (Å²) in [6, 6.07) is 0. The van der Waals surface area contributed by atoms with Crippen molar-refractivity contribution in [3.8, 4) is 0 Å². The van der Waals surface area contributed by atoms with Crippen molar-refractivity contribution in [3.05, 3.63) is 0 Å². The first-order valence-electron chi connectivity index (χ1n) is 4.83. The molecule has 3 heteroatoms. The zero-order valence-electron chi connectivity index (χ0n) is 8.12. The molecule has 1 unspecified atom stereocenters. The first-order valence-corrected chi connectivity index (χ1v) is 4.83. The monoisotopic (exact) mass is 184 g/mol. The van der Waals surface area contributed by atoms with Crippen LogP contribution in [0.1, 0.15) is 33.1 Å². The van der Waals surface area contributed by atoms with Gasteiger partial charge < -0.3 is 5.11 Å². The Hall–Kier alpha value is -0.860. The van der Waals surface area contributed by atoms with Crippen molar-refractivity contribution >= 4 is 11.8 Å². The lowest BCUT2D eigenvalue weighted by Crippen LogP contribution is -2.28. The summed E-state index contributed by atoms with van der Waals surface area (Å²) in [6.07, 6.45) is 1.99. The number of rotatable bonds is 3. The number of carbonyl (C=O) groups excluding carboxylic acids is 1. The Morgan fingerprint density at radius 3 is 2.46 bits per heavy atom. The fourth-order valence-electron chi connectivity index (χ4n) is 2.25. The summed E-state index contributed by atoms with van der Waals surface area (Å²) in [6.45, 7) is 3.77. The first-order chi connectivity index (χ1) is 6.07. The van der Waals surface area contributed by atoms with Crippen LogP contribution in [0, 0.1) is 17.8 Å². The number of aliphatic carboxylic acids is 1. The van der Waals surface area contributed by atoms with Gasteiger partial charge in [-0.25, -0.2) is 0 Å². The molecule has 0 aliphatic heterocycles. The molecule has 0 radical (unpaired) electrons. The summed E-state index contributed by atoms with van der Waals surface area (Å²) in [4.78, 5) is 22.3. The predicted molar refractivity (Wildman–Crippen MR) is 48.3 cm³/mol. The Bertz CT molecular complexity index is 222. The van der Waals surface area contributed by atoms with Crippen molar-refractivity contribution in [3.63, 3.8) is 0 Å². The molecule has 0 heterocycles. The maximum atomic E-state index is 11.5. The van der Waals surface area contributed by atoms with E-state index in [0.717, 1.165) is 6.42 Å². The summed E-state index contributed by atoms with van der Waals surface area (Å²) in [7, 11) is 0. The van der Waals surface area contributed by atoms with E-state index >= 15 is 0 Å². The lowest BCUT2D eigenvalue weighted by molar-refractivity contribution is -0.146. The molecule has 0 amide bonds. The van der Waals surface area contributed by atoms with Gasteiger partial charge in [-0.15, -0.1) is 0 Å². The van der Waals surface area contributed by atoms with Crippen LogP contribution in [0.15, 0.2) is 0 Å². The fraction of sp³-hybridized carbons (Fsp3) is 0.800. The Labute approximate surface area is 78.1 Å². The van der Waals surface area contributed by atoms with Crippen LogP contribution in [0.4, 0.5) is 0 Å². The molecule has 0 saturated heterocycles. The molecule has 0 aromatic carbocycles. The molecule has 1 saturated carbocycles. The highest BCUT2D eigenvalue weighted by Gasteiger charge is 2.41. The largest absolute Gasteiger partial charge is 0.481 e. The topological polar surface area (TPSA) is 54.4 Å². The quantitative estimate of drug-likeness (QED) is 0.726. The number of carboxylic acid groups (broad SMARTS) is 1. The normalized spacial score (nSPS) is 33.2. The van der Waals surface area contributed by atoms with Gasteiger partial charge in [-0.3, -0.25) is 9.59 Å². The zero-order valence-corrected chi connectivity index (χ0v) is 8.12. The molecule has 1 fully saturated rings. The number of carbonyl (C=O) groups is 2. The highest BCUT2D eigenvalue weighted by atomic mass is 16.4. The highest BCUT2D eigenvalue weighted by molar-refractivity contribution is 5.86. The molecule has 1 N–H and O–H groups in total. The zero-order chi connectivity index (χ0) is 10.0. The van der Waals surface area contributed by atoms with Gasteiger partial charge in [0.25, 0.3) is 0 Å². The SMILES string of the molecule is CCC(=O)C1[C@H](C)CC[C@H]1C(=O)O. The van der Waals surface area contributed by atoms with E-state index in [1.807, 2.05) is 6.92 Å². The molecular weight excluding hydrogens is 168 g/mol. The molecule has 1 rings (SSSR count). The Morgan fingerprint density at radius 2 is 2.00 bits per heavy atom. The molecule has 3 nitrogen and oxygen atoms in total. The number of ketones is 1. The van der Waals surface area contributed by atoms with Gasteiger partial charge >= 0.3 is 5.97 Å². The van der Waals surface area contributed by atoms with Crippen LogP contribution in [0.2, 0.25) is 0 Å². The van der Waals surface area contributed by atoms with E-state index in [2.05, 4.69) is 0 Å². The van der Waals surface area contributed by atoms with Crippen LogP contribution in [-0.4, -0.2) is 16.9 Å². The van der Waals surface area contributed by atoms with E-state index in [4.69, 9.17) is 5.11 Å². The van der Waals surface area contributed by atoms with Gasteiger partial charge in [0.2, 0.25) is 0 Å². The van der Waals surface area contributed by atoms with Crippen LogP contribution in [0.5, 0.6) is 0 Å². The Morgan fingerprint density at radius 1 is 1.38 bits per heavy atom. The Kier molecular flexibility index (Phi) is 3.07. The third-order valence-electron chi connectivity index (χ3n) is 3.02. The summed E-state index contributed by atoms with van der Waals surface area (Å²) in [5.74, 6) is -1.12. The second-order valence-electron chi connectivity index (χ2n) is 3.85. The van der Waals surface area contributed by atoms with Gasteiger partial charge in [0.1, 0.15) is 5.78 Å². The second kappa shape index (κ2) is 3.90. The molecule has 13 heavy (non-hydrogen) atoms. The minimum absolute atomic E-state index is 0.109. The second-order valence-corrected chi connectivity index (χ2v) is 3.85. The van der Waals surface area contributed by atoms with Gasteiger partial charge in [-0.05, 0) is 18.8 Å².